The summed E-state index contributed by atoms with van der Waals surface area (Å²) >= 11 is 5.46. The molecule has 0 N–H and O–H groups in total. The van der Waals surface area contributed by atoms with Crippen LogP contribution in [0.25, 0.3) is 0 Å². The summed E-state index contributed by atoms with van der Waals surface area (Å²) in [4.78, 5) is 9.35. The molecule has 27 heavy (non-hydrogen) atoms. The first-order chi connectivity index (χ1) is 13.2. The van der Waals surface area contributed by atoms with Gasteiger partial charge in [-0.3, -0.25) is 9.88 Å². The lowest BCUT2D eigenvalue weighted by Crippen LogP contribution is -2.39. The van der Waals surface area contributed by atoms with E-state index in [2.05, 4.69) is 45.1 Å². The van der Waals surface area contributed by atoms with Crippen molar-refractivity contribution in [2.75, 3.05) is 19.6 Å². The second-order valence-corrected chi connectivity index (χ2v) is 8.03. The number of fused-ring (bicyclic) bond motifs is 1. The highest BCUT2D eigenvalue weighted by Gasteiger charge is 2.25. The number of benzene rings is 1. The van der Waals surface area contributed by atoms with Gasteiger partial charge in [0.25, 0.3) is 5.17 Å². The van der Waals surface area contributed by atoms with Gasteiger partial charge in [0.15, 0.2) is 5.75 Å². The van der Waals surface area contributed by atoms with Crippen LogP contribution in [0.15, 0.2) is 42.5 Å². The molecular weight excluding hydrogens is 354 g/mol. The molecule has 0 bridgehead atoms. The lowest BCUT2D eigenvalue weighted by molar-refractivity contribution is 0.163. The molecule has 4 rings (SSSR count). The fourth-order valence-electron chi connectivity index (χ4n) is 3.99. The number of hydrogen-bond acceptors (Lipinski definition) is 4. The number of hydrogen-bond donors (Lipinski definition) is 0. The summed E-state index contributed by atoms with van der Waals surface area (Å²) in [6, 6.07) is 14.7. The van der Waals surface area contributed by atoms with E-state index in [9.17, 15) is 0 Å². The molecular formula is C22H27N3OS. The lowest BCUT2D eigenvalue weighted by Gasteiger charge is -2.34. The molecule has 1 aromatic heterocycles. The molecule has 0 radical (unpaired) electrons. The van der Waals surface area contributed by atoms with Gasteiger partial charge in [-0.2, -0.15) is 0 Å². The Morgan fingerprint density at radius 1 is 1.11 bits per heavy atom. The first-order valence-corrected chi connectivity index (χ1v) is 10.3. The first-order valence-electron chi connectivity index (χ1n) is 9.87. The van der Waals surface area contributed by atoms with Crippen LogP contribution in [-0.2, 0) is 13.1 Å². The normalized spacial score (nSPS) is 18.3. The number of rotatable bonds is 5. The zero-order chi connectivity index (χ0) is 18.6. The highest BCUT2D eigenvalue weighted by atomic mass is 32.1. The predicted molar refractivity (Wildman–Crippen MR) is 112 cm³/mol. The van der Waals surface area contributed by atoms with Crippen LogP contribution in [-0.4, -0.2) is 39.6 Å². The number of thiocarbonyl (C=S) groups is 1. The Bertz CT molecular complexity index is 787. The van der Waals surface area contributed by atoms with Crippen LogP contribution in [0.2, 0.25) is 0 Å². The van der Waals surface area contributed by atoms with E-state index in [1.165, 1.54) is 37.9 Å². The Morgan fingerprint density at radius 2 is 1.89 bits per heavy atom. The van der Waals surface area contributed by atoms with Gasteiger partial charge in [0.1, 0.15) is 5.69 Å². The maximum absolute atomic E-state index is 5.81. The molecule has 0 atom stereocenters. The fourth-order valence-corrected chi connectivity index (χ4v) is 4.24. The maximum atomic E-state index is 5.81. The predicted octanol–water partition coefficient (Wildman–Crippen LogP) is 4.17. The number of aryl methyl sites for hydroxylation is 1. The molecule has 2 aliphatic rings. The smallest absolute Gasteiger partial charge is 0.265 e. The zero-order valence-electron chi connectivity index (χ0n) is 15.9. The molecule has 3 heterocycles. The standard InChI is InChI=1S/C22H27N3OS/c1-17-7-8-21-20(23-17)16-25(22(27)26-21)14-11-18-9-12-24(13-10-18)15-19-5-3-2-4-6-19/h2-8,18H,9-16H2,1H3. The van der Waals surface area contributed by atoms with E-state index in [4.69, 9.17) is 17.0 Å². The molecule has 0 unspecified atom stereocenters. The van der Waals surface area contributed by atoms with Crippen molar-refractivity contribution in [3.8, 4) is 5.75 Å². The zero-order valence-corrected chi connectivity index (χ0v) is 16.8. The van der Waals surface area contributed by atoms with Crippen LogP contribution in [0.1, 0.15) is 36.2 Å². The second-order valence-electron chi connectivity index (χ2n) is 7.68. The molecule has 0 saturated carbocycles. The highest BCUT2D eigenvalue weighted by molar-refractivity contribution is 7.80. The van der Waals surface area contributed by atoms with Crippen molar-refractivity contribution >= 4 is 17.4 Å². The summed E-state index contributed by atoms with van der Waals surface area (Å²) in [5, 5.41) is 0.592. The van der Waals surface area contributed by atoms with Crippen LogP contribution in [0, 0.1) is 12.8 Å². The Hall–Kier alpha value is -1.98. The number of piperidine rings is 1. The number of nitrogens with zero attached hydrogens (tertiary/aromatic N) is 3. The van der Waals surface area contributed by atoms with E-state index in [0.29, 0.717) is 5.17 Å². The second kappa shape index (κ2) is 8.36. The minimum absolute atomic E-state index is 0.592. The summed E-state index contributed by atoms with van der Waals surface area (Å²) in [5.41, 5.74) is 3.44. The van der Waals surface area contributed by atoms with Crippen molar-refractivity contribution in [2.45, 2.75) is 39.3 Å². The van der Waals surface area contributed by atoms with Gasteiger partial charge in [-0.1, -0.05) is 30.3 Å². The Morgan fingerprint density at radius 3 is 2.67 bits per heavy atom. The lowest BCUT2D eigenvalue weighted by atomic mass is 9.93. The highest BCUT2D eigenvalue weighted by Crippen LogP contribution is 2.27. The molecule has 1 fully saturated rings. The van der Waals surface area contributed by atoms with E-state index in [-0.39, 0.29) is 0 Å². The SMILES string of the molecule is Cc1ccc2c(n1)CN(CCC1CCN(Cc3ccccc3)CC1)C(=S)O2. The topological polar surface area (TPSA) is 28.6 Å². The Balaban J connectivity index is 1.25. The molecule has 4 nitrogen and oxygen atoms in total. The third kappa shape index (κ3) is 4.66. The van der Waals surface area contributed by atoms with Crippen LogP contribution in [0.3, 0.4) is 0 Å². The average Bonchev–Trinajstić information content (AvgIpc) is 2.68. The van der Waals surface area contributed by atoms with Crippen LogP contribution in [0.5, 0.6) is 5.75 Å². The molecule has 0 amide bonds. The summed E-state index contributed by atoms with van der Waals surface area (Å²) in [7, 11) is 0. The van der Waals surface area contributed by atoms with Gasteiger partial charge >= 0.3 is 0 Å². The summed E-state index contributed by atoms with van der Waals surface area (Å²) in [6.07, 6.45) is 3.70. The number of aromatic nitrogens is 1. The molecule has 2 aliphatic heterocycles. The number of ether oxygens (including phenoxy) is 1. The molecule has 1 aromatic carbocycles. The van der Waals surface area contributed by atoms with E-state index in [1.54, 1.807) is 0 Å². The van der Waals surface area contributed by atoms with E-state index >= 15 is 0 Å². The van der Waals surface area contributed by atoms with E-state index in [1.807, 2.05) is 19.1 Å². The first kappa shape index (κ1) is 18.4. The van der Waals surface area contributed by atoms with Crippen LogP contribution in [0.4, 0.5) is 0 Å². The van der Waals surface area contributed by atoms with Crippen molar-refractivity contribution in [1.82, 2.24) is 14.8 Å². The average molecular weight is 382 g/mol. The molecule has 2 aromatic rings. The summed E-state index contributed by atoms with van der Waals surface area (Å²) in [5.74, 6) is 1.59. The maximum Gasteiger partial charge on any atom is 0.265 e. The molecule has 0 spiro atoms. The van der Waals surface area contributed by atoms with Crippen molar-refractivity contribution in [3.05, 3.63) is 59.4 Å². The van der Waals surface area contributed by atoms with Gasteiger partial charge < -0.3 is 9.64 Å². The minimum atomic E-state index is 0.592. The molecule has 142 valence electrons. The Kier molecular flexibility index (Phi) is 5.69. The fraction of sp³-hybridized carbons (Fsp3) is 0.455. The van der Waals surface area contributed by atoms with Crippen molar-refractivity contribution in [3.63, 3.8) is 0 Å². The van der Waals surface area contributed by atoms with E-state index in [0.717, 1.165) is 42.7 Å². The third-order valence-corrected chi connectivity index (χ3v) is 5.97. The quantitative estimate of drug-likeness (QED) is 0.725. The third-order valence-electron chi connectivity index (χ3n) is 5.63. The minimum Gasteiger partial charge on any atom is -0.430 e. The van der Waals surface area contributed by atoms with Gasteiger partial charge in [-0.25, -0.2) is 0 Å². The monoisotopic (exact) mass is 381 g/mol. The van der Waals surface area contributed by atoms with Crippen molar-refractivity contribution in [1.29, 1.82) is 0 Å². The summed E-state index contributed by atoms with van der Waals surface area (Å²) < 4.78 is 5.81. The molecule has 0 aliphatic carbocycles. The van der Waals surface area contributed by atoms with Gasteiger partial charge in [0.2, 0.25) is 0 Å². The largest absolute Gasteiger partial charge is 0.430 e. The van der Waals surface area contributed by atoms with Gasteiger partial charge in [0, 0.05) is 18.8 Å². The number of pyridine rings is 1. The number of likely N-dealkylation sites (tertiary alicyclic amines) is 1. The van der Waals surface area contributed by atoms with Gasteiger partial charge in [-0.05, 0) is 75.1 Å². The van der Waals surface area contributed by atoms with Gasteiger partial charge in [-0.15, -0.1) is 0 Å². The van der Waals surface area contributed by atoms with Crippen molar-refractivity contribution < 1.29 is 4.74 Å². The van der Waals surface area contributed by atoms with Crippen LogP contribution >= 0.6 is 12.2 Å². The van der Waals surface area contributed by atoms with E-state index < -0.39 is 0 Å². The van der Waals surface area contributed by atoms with Crippen LogP contribution < -0.4 is 4.74 Å². The molecule has 5 heteroatoms. The van der Waals surface area contributed by atoms with Crippen molar-refractivity contribution in [2.24, 2.45) is 5.92 Å². The summed E-state index contributed by atoms with van der Waals surface area (Å²) in [6.45, 7) is 7.17. The molecule has 1 saturated heterocycles. The Labute approximate surface area is 167 Å². The van der Waals surface area contributed by atoms with Gasteiger partial charge in [0.05, 0.1) is 6.54 Å².